The van der Waals surface area contributed by atoms with E-state index in [1.54, 1.807) is 28.9 Å². The Morgan fingerprint density at radius 3 is 2.96 bits per heavy atom. The van der Waals surface area contributed by atoms with Crippen molar-refractivity contribution in [1.82, 2.24) is 19.8 Å². The molecule has 2 amide bonds. The second-order valence-corrected chi connectivity index (χ2v) is 7.43. The summed E-state index contributed by atoms with van der Waals surface area (Å²) in [6.45, 7) is 5.41. The van der Waals surface area contributed by atoms with E-state index >= 15 is 0 Å². The molecule has 6 nitrogen and oxygen atoms in total. The van der Waals surface area contributed by atoms with Crippen molar-refractivity contribution < 1.29 is 9.59 Å². The number of piperidine rings is 1. The van der Waals surface area contributed by atoms with Crippen molar-refractivity contribution in [2.75, 3.05) is 13.1 Å². The predicted molar refractivity (Wildman–Crippen MR) is 96.7 cm³/mol. The lowest BCUT2D eigenvalue weighted by Crippen LogP contribution is -2.49. The van der Waals surface area contributed by atoms with Gasteiger partial charge in [-0.3, -0.25) is 9.59 Å². The molecule has 1 saturated heterocycles. The van der Waals surface area contributed by atoms with Crippen LogP contribution in [0.25, 0.3) is 5.52 Å². The highest BCUT2D eigenvalue weighted by atomic mass is 35.5. The Bertz CT molecular complexity index is 786. The maximum absolute atomic E-state index is 12.5. The summed E-state index contributed by atoms with van der Waals surface area (Å²) in [5, 5.41) is 7.89. The zero-order valence-corrected chi connectivity index (χ0v) is 15.3. The lowest BCUT2D eigenvalue weighted by atomic mass is 10.0. The Labute approximate surface area is 152 Å². The number of hydrogen-bond donors (Lipinski definition) is 1. The lowest BCUT2D eigenvalue weighted by molar-refractivity contribution is -0.133. The van der Waals surface area contributed by atoms with Crippen LogP contribution in [0.1, 0.15) is 43.6 Å². The molecule has 1 atom stereocenters. The molecule has 2 aromatic heterocycles. The topological polar surface area (TPSA) is 66.7 Å². The molecule has 3 heterocycles. The van der Waals surface area contributed by atoms with E-state index in [2.05, 4.69) is 10.4 Å². The van der Waals surface area contributed by atoms with Gasteiger partial charge in [0.2, 0.25) is 5.91 Å². The predicted octanol–water partition coefficient (Wildman–Crippen LogP) is 2.75. The number of halogens is 1. The fourth-order valence-corrected chi connectivity index (χ4v) is 3.31. The standard InChI is InChI=1S/C18H23ClN4O2/c1-12(2)8-17(24)22-6-3-4-14(11-22)20-18(25)16-10-15-9-13(19)5-7-23(15)21-16/h5,7,9-10,12,14H,3-4,6,8,11H2,1-2H3,(H,20,25). The minimum atomic E-state index is -0.219. The Morgan fingerprint density at radius 1 is 1.40 bits per heavy atom. The number of aromatic nitrogens is 2. The minimum absolute atomic E-state index is 0.0363. The number of likely N-dealkylation sites (tertiary alicyclic amines) is 1. The van der Waals surface area contributed by atoms with E-state index in [0.29, 0.717) is 29.6 Å². The molecule has 0 saturated carbocycles. The number of nitrogens with zero attached hydrogens (tertiary/aromatic N) is 3. The van der Waals surface area contributed by atoms with Crippen LogP contribution in [0, 0.1) is 5.92 Å². The largest absolute Gasteiger partial charge is 0.346 e. The average molecular weight is 363 g/mol. The third-order valence-electron chi connectivity index (χ3n) is 4.35. The molecule has 3 rings (SSSR count). The molecule has 1 unspecified atom stereocenters. The average Bonchev–Trinajstić information content (AvgIpc) is 2.97. The molecule has 0 aromatic carbocycles. The molecule has 1 fully saturated rings. The molecule has 0 aliphatic carbocycles. The number of carbonyl (C=O) groups excluding carboxylic acids is 2. The van der Waals surface area contributed by atoms with E-state index in [0.717, 1.165) is 24.9 Å². The van der Waals surface area contributed by atoms with Crippen LogP contribution >= 0.6 is 11.6 Å². The SMILES string of the molecule is CC(C)CC(=O)N1CCCC(NC(=O)c2cc3cc(Cl)ccn3n2)C1. The molecular weight excluding hydrogens is 340 g/mol. The fraction of sp³-hybridized carbons (Fsp3) is 0.500. The van der Waals surface area contributed by atoms with Crippen LogP contribution < -0.4 is 5.32 Å². The molecule has 25 heavy (non-hydrogen) atoms. The van der Waals surface area contributed by atoms with Crippen molar-refractivity contribution >= 4 is 28.9 Å². The Hall–Kier alpha value is -2.08. The van der Waals surface area contributed by atoms with Crippen LogP contribution in [0.3, 0.4) is 0 Å². The highest BCUT2D eigenvalue weighted by molar-refractivity contribution is 6.30. The number of hydrogen-bond acceptors (Lipinski definition) is 3. The van der Waals surface area contributed by atoms with Gasteiger partial charge in [0.15, 0.2) is 5.69 Å². The van der Waals surface area contributed by atoms with Gasteiger partial charge in [-0.1, -0.05) is 25.4 Å². The molecule has 2 aromatic rings. The third kappa shape index (κ3) is 4.31. The van der Waals surface area contributed by atoms with Gasteiger partial charge in [-0.2, -0.15) is 5.10 Å². The van der Waals surface area contributed by atoms with E-state index < -0.39 is 0 Å². The smallest absolute Gasteiger partial charge is 0.272 e. The van der Waals surface area contributed by atoms with E-state index in [1.165, 1.54) is 0 Å². The molecule has 0 bridgehead atoms. The number of carbonyl (C=O) groups is 2. The van der Waals surface area contributed by atoms with Crippen molar-refractivity contribution in [3.05, 3.63) is 35.1 Å². The summed E-state index contributed by atoms with van der Waals surface area (Å²) in [5.74, 6) is 0.284. The number of pyridine rings is 1. The zero-order chi connectivity index (χ0) is 18.0. The first-order valence-electron chi connectivity index (χ1n) is 8.66. The zero-order valence-electron chi connectivity index (χ0n) is 14.5. The van der Waals surface area contributed by atoms with Gasteiger partial charge in [-0.05, 0) is 37.0 Å². The van der Waals surface area contributed by atoms with Gasteiger partial charge < -0.3 is 10.2 Å². The molecule has 1 N–H and O–H groups in total. The molecule has 0 spiro atoms. The summed E-state index contributed by atoms with van der Waals surface area (Å²) in [6, 6.07) is 5.16. The second kappa shape index (κ2) is 7.44. The van der Waals surface area contributed by atoms with E-state index in [1.807, 2.05) is 18.7 Å². The highest BCUT2D eigenvalue weighted by Gasteiger charge is 2.26. The van der Waals surface area contributed by atoms with Crippen molar-refractivity contribution in [1.29, 1.82) is 0 Å². The molecule has 134 valence electrons. The van der Waals surface area contributed by atoms with Crippen molar-refractivity contribution in [3.63, 3.8) is 0 Å². The van der Waals surface area contributed by atoms with Gasteiger partial charge in [0, 0.05) is 36.8 Å². The summed E-state index contributed by atoms with van der Waals surface area (Å²) in [4.78, 5) is 26.6. The van der Waals surface area contributed by atoms with Crippen LogP contribution in [-0.4, -0.2) is 45.5 Å². The monoisotopic (exact) mass is 362 g/mol. The fourth-order valence-electron chi connectivity index (χ4n) is 3.14. The van der Waals surface area contributed by atoms with Crippen molar-refractivity contribution in [2.45, 2.75) is 39.2 Å². The van der Waals surface area contributed by atoms with Gasteiger partial charge in [-0.25, -0.2) is 4.52 Å². The second-order valence-electron chi connectivity index (χ2n) is 6.99. The summed E-state index contributed by atoms with van der Waals surface area (Å²) in [7, 11) is 0. The quantitative estimate of drug-likeness (QED) is 0.909. The van der Waals surface area contributed by atoms with Crippen molar-refractivity contribution in [3.8, 4) is 0 Å². The van der Waals surface area contributed by atoms with Gasteiger partial charge in [-0.15, -0.1) is 0 Å². The highest BCUT2D eigenvalue weighted by Crippen LogP contribution is 2.16. The first kappa shape index (κ1) is 17.7. The number of amides is 2. The number of fused-ring (bicyclic) bond motifs is 1. The maximum Gasteiger partial charge on any atom is 0.272 e. The van der Waals surface area contributed by atoms with Crippen molar-refractivity contribution in [2.24, 2.45) is 5.92 Å². The van der Waals surface area contributed by atoms with Gasteiger partial charge >= 0.3 is 0 Å². The van der Waals surface area contributed by atoms with Gasteiger partial charge in [0.05, 0.1) is 5.52 Å². The van der Waals surface area contributed by atoms with E-state index in [9.17, 15) is 9.59 Å². The van der Waals surface area contributed by atoms with Crippen LogP contribution in [0.4, 0.5) is 0 Å². The van der Waals surface area contributed by atoms with Crippen LogP contribution in [0.15, 0.2) is 24.4 Å². The third-order valence-corrected chi connectivity index (χ3v) is 4.59. The first-order valence-corrected chi connectivity index (χ1v) is 9.04. The lowest BCUT2D eigenvalue weighted by Gasteiger charge is -2.33. The Morgan fingerprint density at radius 2 is 2.20 bits per heavy atom. The Kier molecular flexibility index (Phi) is 5.27. The molecule has 7 heteroatoms. The summed E-state index contributed by atoms with van der Waals surface area (Å²) < 4.78 is 1.63. The Balaban J connectivity index is 1.64. The van der Waals surface area contributed by atoms with Crippen LogP contribution in [-0.2, 0) is 4.79 Å². The minimum Gasteiger partial charge on any atom is -0.346 e. The molecular formula is C18H23ClN4O2. The van der Waals surface area contributed by atoms with Crippen LogP contribution in [0.5, 0.6) is 0 Å². The molecule has 0 radical (unpaired) electrons. The number of nitrogens with one attached hydrogen (secondary N) is 1. The van der Waals surface area contributed by atoms with E-state index in [4.69, 9.17) is 11.6 Å². The maximum atomic E-state index is 12.5. The normalized spacial score (nSPS) is 17.9. The van der Waals surface area contributed by atoms with E-state index in [-0.39, 0.29) is 17.9 Å². The molecule has 1 aliphatic rings. The molecule has 1 aliphatic heterocycles. The first-order chi connectivity index (χ1) is 11.9. The van der Waals surface area contributed by atoms with Crippen LogP contribution in [0.2, 0.25) is 5.02 Å². The summed E-state index contributed by atoms with van der Waals surface area (Å²) >= 11 is 5.97. The number of rotatable bonds is 4. The van der Waals surface area contributed by atoms with Gasteiger partial charge in [0.25, 0.3) is 5.91 Å². The van der Waals surface area contributed by atoms with Gasteiger partial charge in [0.1, 0.15) is 0 Å². The summed E-state index contributed by atoms with van der Waals surface area (Å²) in [5.41, 5.74) is 1.13. The summed E-state index contributed by atoms with van der Waals surface area (Å²) in [6.07, 6.45) is 4.04.